The number of thioether (sulfide) groups is 1. The molecule has 0 saturated heterocycles. The minimum absolute atomic E-state index is 0.233. The van der Waals surface area contributed by atoms with E-state index in [1.165, 1.54) is 11.8 Å². The number of ether oxygens (including phenoxy) is 2. The Morgan fingerprint density at radius 1 is 1.03 bits per heavy atom. The topological polar surface area (TPSA) is 61.2 Å². The Morgan fingerprint density at radius 2 is 1.82 bits per heavy atom. The fraction of sp³-hybridized carbons (Fsp3) is 0.154. The molecule has 0 bridgehead atoms. The SMILES string of the molecule is COc1ccc([C@H]2C3=C(Nc4nc(SC)nn42)c2cc(Cl)ccc2O[C@H]3c2ccccc2)cc1. The van der Waals surface area contributed by atoms with Crippen LogP contribution in [-0.2, 0) is 0 Å². The summed E-state index contributed by atoms with van der Waals surface area (Å²) in [7, 11) is 1.67. The number of hydrogen-bond acceptors (Lipinski definition) is 6. The molecule has 2 aliphatic heterocycles. The molecule has 2 aliphatic rings. The fourth-order valence-corrected chi connectivity index (χ4v) is 5.10. The van der Waals surface area contributed by atoms with Crippen molar-refractivity contribution in [2.75, 3.05) is 18.7 Å². The average molecular weight is 489 g/mol. The predicted molar refractivity (Wildman–Crippen MR) is 135 cm³/mol. The molecule has 1 N–H and O–H groups in total. The first kappa shape index (κ1) is 21.1. The van der Waals surface area contributed by atoms with Gasteiger partial charge < -0.3 is 14.8 Å². The van der Waals surface area contributed by atoms with E-state index in [0.29, 0.717) is 16.1 Å². The highest BCUT2D eigenvalue weighted by molar-refractivity contribution is 7.98. The zero-order chi connectivity index (χ0) is 23.2. The molecule has 6 rings (SSSR count). The van der Waals surface area contributed by atoms with Gasteiger partial charge in [0.05, 0.1) is 12.8 Å². The van der Waals surface area contributed by atoms with Crippen molar-refractivity contribution in [2.45, 2.75) is 17.3 Å². The molecule has 0 fully saturated rings. The molecule has 3 aromatic carbocycles. The second kappa shape index (κ2) is 8.42. The third kappa shape index (κ3) is 3.43. The van der Waals surface area contributed by atoms with Gasteiger partial charge in [-0.15, -0.1) is 5.10 Å². The number of nitrogens with zero attached hydrogens (tertiary/aromatic N) is 3. The molecule has 0 aliphatic carbocycles. The Bertz CT molecular complexity index is 1400. The summed E-state index contributed by atoms with van der Waals surface area (Å²) < 4.78 is 14.0. The molecular formula is C26H21ClN4O2S. The van der Waals surface area contributed by atoms with Crippen molar-refractivity contribution in [3.05, 3.63) is 100 Å². The molecule has 0 unspecified atom stereocenters. The molecule has 2 atom stereocenters. The van der Waals surface area contributed by atoms with Crippen LogP contribution in [0.4, 0.5) is 5.95 Å². The number of anilines is 1. The fourth-order valence-electron chi connectivity index (χ4n) is 4.58. The Kier molecular flexibility index (Phi) is 5.23. The Hall–Kier alpha value is -3.42. The van der Waals surface area contributed by atoms with Gasteiger partial charge in [-0.3, -0.25) is 0 Å². The van der Waals surface area contributed by atoms with Crippen LogP contribution in [0.25, 0.3) is 5.70 Å². The number of fused-ring (bicyclic) bond motifs is 3. The normalized spacial score (nSPS) is 18.3. The summed E-state index contributed by atoms with van der Waals surface area (Å²) in [6.45, 7) is 0. The van der Waals surface area contributed by atoms with Gasteiger partial charge in [-0.05, 0) is 47.7 Å². The third-order valence-electron chi connectivity index (χ3n) is 6.13. The number of aromatic nitrogens is 3. The van der Waals surface area contributed by atoms with Crippen molar-refractivity contribution in [3.63, 3.8) is 0 Å². The molecule has 0 saturated carbocycles. The summed E-state index contributed by atoms with van der Waals surface area (Å²) in [6.07, 6.45) is 1.65. The van der Waals surface area contributed by atoms with Crippen LogP contribution in [0.15, 0.2) is 83.5 Å². The number of halogens is 1. The van der Waals surface area contributed by atoms with Gasteiger partial charge in [0.25, 0.3) is 0 Å². The van der Waals surface area contributed by atoms with Crippen LogP contribution < -0.4 is 14.8 Å². The van der Waals surface area contributed by atoms with Crippen molar-refractivity contribution < 1.29 is 9.47 Å². The van der Waals surface area contributed by atoms with Gasteiger partial charge in [0, 0.05) is 16.2 Å². The molecule has 34 heavy (non-hydrogen) atoms. The van der Waals surface area contributed by atoms with Gasteiger partial charge in [0.2, 0.25) is 11.1 Å². The molecule has 3 heterocycles. The highest BCUT2D eigenvalue weighted by Gasteiger charge is 2.41. The van der Waals surface area contributed by atoms with Crippen LogP contribution in [0.1, 0.15) is 28.8 Å². The van der Waals surface area contributed by atoms with Gasteiger partial charge in [-0.25, -0.2) is 4.68 Å². The molecule has 170 valence electrons. The van der Waals surface area contributed by atoms with Crippen LogP contribution in [-0.4, -0.2) is 28.1 Å². The Labute approximate surface area is 206 Å². The first-order valence-electron chi connectivity index (χ1n) is 10.8. The Morgan fingerprint density at radius 3 is 2.56 bits per heavy atom. The van der Waals surface area contributed by atoms with Crippen LogP contribution >= 0.6 is 23.4 Å². The number of rotatable bonds is 4. The molecule has 4 aromatic rings. The molecule has 1 aromatic heterocycles. The first-order chi connectivity index (χ1) is 16.7. The van der Waals surface area contributed by atoms with Crippen molar-refractivity contribution in [3.8, 4) is 11.5 Å². The van der Waals surface area contributed by atoms with E-state index in [1.54, 1.807) is 7.11 Å². The maximum atomic E-state index is 6.64. The monoisotopic (exact) mass is 488 g/mol. The lowest BCUT2D eigenvalue weighted by molar-refractivity contribution is 0.223. The van der Waals surface area contributed by atoms with E-state index in [1.807, 2.05) is 59.5 Å². The van der Waals surface area contributed by atoms with Crippen molar-refractivity contribution in [2.24, 2.45) is 0 Å². The van der Waals surface area contributed by atoms with E-state index < -0.39 is 0 Å². The minimum Gasteiger partial charge on any atom is -0.497 e. The third-order valence-corrected chi connectivity index (χ3v) is 6.90. The predicted octanol–water partition coefficient (Wildman–Crippen LogP) is 6.22. The smallest absolute Gasteiger partial charge is 0.227 e. The van der Waals surface area contributed by atoms with Crippen LogP contribution in [0.3, 0.4) is 0 Å². The zero-order valence-corrected chi connectivity index (χ0v) is 20.1. The van der Waals surface area contributed by atoms with Gasteiger partial charge in [0.1, 0.15) is 23.6 Å². The molecular weight excluding hydrogens is 468 g/mol. The first-order valence-corrected chi connectivity index (χ1v) is 12.4. The molecule has 0 spiro atoms. The standard InChI is InChI=1S/C26H21ClN4O2S/c1-32-18-11-8-15(9-12-18)23-21-22(28-25-29-26(34-2)30-31(23)25)19-14-17(27)10-13-20(19)33-24(21)16-6-4-3-5-7-16/h3-14,23-24H,1-2H3,(H,28,29,30)/t23-,24-/m0/s1. The second-order valence-electron chi connectivity index (χ2n) is 8.05. The number of methoxy groups -OCH3 is 1. The summed E-state index contributed by atoms with van der Waals surface area (Å²) in [5.41, 5.74) is 5.03. The maximum absolute atomic E-state index is 6.64. The van der Waals surface area contributed by atoms with E-state index in [9.17, 15) is 0 Å². The summed E-state index contributed by atoms with van der Waals surface area (Å²) in [5.74, 6) is 2.26. The van der Waals surface area contributed by atoms with Gasteiger partial charge in [-0.1, -0.05) is 65.8 Å². The minimum atomic E-state index is -0.320. The lowest BCUT2D eigenvalue weighted by atomic mass is 9.84. The van der Waals surface area contributed by atoms with Gasteiger partial charge >= 0.3 is 0 Å². The van der Waals surface area contributed by atoms with E-state index in [-0.39, 0.29) is 12.1 Å². The van der Waals surface area contributed by atoms with Gasteiger partial charge in [-0.2, -0.15) is 4.98 Å². The highest BCUT2D eigenvalue weighted by Crippen LogP contribution is 2.51. The quantitative estimate of drug-likeness (QED) is 0.344. The van der Waals surface area contributed by atoms with Gasteiger partial charge in [0.15, 0.2) is 0 Å². The summed E-state index contributed by atoms with van der Waals surface area (Å²) in [5, 5.41) is 9.72. The summed E-state index contributed by atoms with van der Waals surface area (Å²) in [6, 6.07) is 23.8. The van der Waals surface area contributed by atoms with Crippen molar-refractivity contribution in [1.82, 2.24) is 14.8 Å². The summed E-state index contributed by atoms with van der Waals surface area (Å²) >= 11 is 7.93. The number of benzene rings is 3. The Balaban J connectivity index is 1.63. The number of nitrogens with one attached hydrogen (secondary N) is 1. The van der Waals surface area contributed by atoms with Crippen molar-refractivity contribution in [1.29, 1.82) is 0 Å². The lowest BCUT2D eigenvalue weighted by Gasteiger charge is -2.39. The van der Waals surface area contributed by atoms with Crippen molar-refractivity contribution >= 4 is 35.0 Å². The van der Waals surface area contributed by atoms with E-state index in [4.69, 9.17) is 31.2 Å². The van der Waals surface area contributed by atoms with Crippen LogP contribution in [0.5, 0.6) is 11.5 Å². The molecule has 0 amide bonds. The average Bonchev–Trinajstić information content (AvgIpc) is 3.31. The largest absolute Gasteiger partial charge is 0.497 e. The zero-order valence-electron chi connectivity index (χ0n) is 18.5. The van der Waals surface area contributed by atoms with E-state index in [0.717, 1.165) is 39.5 Å². The van der Waals surface area contributed by atoms with E-state index >= 15 is 0 Å². The molecule has 6 nitrogen and oxygen atoms in total. The second-order valence-corrected chi connectivity index (χ2v) is 9.26. The van der Waals surface area contributed by atoms with Crippen LogP contribution in [0, 0.1) is 0 Å². The molecule has 8 heteroatoms. The van der Waals surface area contributed by atoms with Crippen LogP contribution in [0.2, 0.25) is 5.02 Å². The lowest BCUT2D eigenvalue weighted by Crippen LogP contribution is -2.32. The molecule has 0 radical (unpaired) electrons. The van der Waals surface area contributed by atoms with E-state index in [2.05, 4.69) is 29.6 Å². The maximum Gasteiger partial charge on any atom is 0.227 e. The highest BCUT2D eigenvalue weighted by atomic mass is 35.5. The summed E-state index contributed by atoms with van der Waals surface area (Å²) in [4.78, 5) is 4.73. The number of hydrogen-bond donors (Lipinski definition) is 1.